The average Bonchev–Trinajstić information content (AvgIpc) is 2.74. The van der Waals surface area contributed by atoms with E-state index < -0.39 is 0 Å². The smallest absolute Gasteiger partial charge is 0.325 e. The molecule has 1 aromatic rings. The van der Waals surface area contributed by atoms with Gasteiger partial charge in [-0.2, -0.15) is 0 Å². The SMILES string of the molecule is CCCNc1cc(CN2C(=O)NC(CCC)C2=O)ccn1. The molecule has 0 bridgehead atoms. The molecule has 6 heteroatoms. The van der Waals surface area contributed by atoms with Crippen LogP contribution in [0.4, 0.5) is 10.6 Å². The fourth-order valence-corrected chi connectivity index (χ4v) is 2.32. The lowest BCUT2D eigenvalue weighted by atomic mass is 10.1. The van der Waals surface area contributed by atoms with Gasteiger partial charge < -0.3 is 10.6 Å². The Bertz CT molecular complexity index is 518. The first-order valence-electron chi connectivity index (χ1n) is 7.46. The van der Waals surface area contributed by atoms with Gasteiger partial charge in [0.1, 0.15) is 11.9 Å². The van der Waals surface area contributed by atoms with Crippen molar-refractivity contribution in [2.24, 2.45) is 0 Å². The Morgan fingerprint density at radius 2 is 2.14 bits per heavy atom. The zero-order valence-corrected chi connectivity index (χ0v) is 12.6. The summed E-state index contributed by atoms with van der Waals surface area (Å²) in [5.41, 5.74) is 0.893. The molecule has 1 saturated heterocycles. The Balaban J connectivity index is 2.04. The van der Waals surface area contributed by atoms with E-state index in [0.29, 0.717) is 6.42 Å². The third-order valence-corrected chi connectivity index (χ3v) is 3.41. The van der Waals surface area contributed by atoms with Crippen molar-refractivity contribution in [3.63, 3.8) is 0 Å². The fourth-order valence-electron chi connectivity index (χ4n) is 2.32. The van der Waals surface area contributed by atoms with E-state index in [9.17, 15) is 9.59 Å². The van der Waals surface area contributed by atoms with Crippen molar-refractivity contribution in [3.05, 3.63) is 23.9 Å². The standard InChI is InChI=1S/C15H22N4O2/c1-3-5-12-14(20)19(15(21)18-12)10-11-6-8-17-13(9-11)16-7-4-2/h6,8-9,12H,3-5,7,10H2,1-2H3,(H,16,17)(H,18,21). The van der Waals surface area contributed by atoms with Gasteiger partial charge in [0.2, 0.25) is 0 Å². The summed E-state index contributed by atoms with van der Waals surface area (Å²) >= 11 is 0. The topological polar surface area (TPSA) is 74.3 Å². The number of imide groups is 1. The summed E-state index contributed by atoms with van der Waals surface area (Å²) in [5.74, 6) is 0.633. The molecule has 0 spiro atoms. The van der Waals surface area contributed by atoms with Gasteiger partial charge in [0.05, 0.1) is 6.54 Å². The summed E-state index contributed by atoms with van der Waals surface area (Å²) < 4.78 is 0. The number of nitrogens with zero attached hydrogens (tertiary/aromatic N) is 2. The summed E-state index contributed by atoms with van der Waals surface area (Å²) in [4.78, 5) is 29.6. The normalized spacial score (nSPS) is 18.0. The summed E-state index contributed by atoms with van der Waals surface area (Å²) in [6, 6.07) is 3.02. The molecular weight excluding hydrogens is 268 g/mol. The Hall–Kier alpha value is -2.11. The number of amides is 3. The predicted octanol–water partition coefficient (Wildman–Crippen LogP) is 2.12. The number of carbonyl (C=O) groups excluding carboxylic acids is 2. The van der Waals surface area contributed by atoms with Gasteiger partial charge in [0.25, 0.3) is 5.91 Å². The minimum atomic E-state index is -0.373. The average molecular weight is 290 g/mol. The Morgan fingerprint density at radius 3 is 2.86 bits per heavy atom. The quantitative estimate of drug-likeness (QED) is 0.754. The van der Waals surface area contributed by atoms with Crippen LogP contribution in [0.2, 0.25) is 0 Å². The Morgan fingerprint density at radius 1 is 1.33 bits per heavy atom. The minimum Gasteiger partial charge on any atom is -0.370 e. The zero-order chi connectivity index (χ0) is 15.2. The van der Waals surface area contributed by atoms with Crippen LogP contribution in [-0.2, 0) is 11.3 Å². The molecule has 0 radical (unpaired) electrons. The number of nitrogens with one attached hydrogen (secondary N) is 2. The first kappa shape index (κ1) is 15.3. The maximum atomic E-state index is 12.2. The van der Waals surface area contributed by atoms with Crippen LogP contribution < -0.4 is 10.6 Å². The second-order valence-corrected chi connectivity index (χ2v) is 5.19. The van der Waals surface area contributed by atoms with Crippen LogP contribution in [0.1, 0.15) is 38.7 Å². The number of rotatable bonds is 7. The Kier molecular flexibility index (Phi) is 5.14. The van der Waals surface area contributed by atoms with E-state index in [1.165, 1.54) is 4.90 Å². The van der Waals surface area contributed by atoms with Gasteiger partial charge in [-0.25, -0.2) is 9.78 Å². The molecule has 0 aromatic carbocycles. The largest absolute Gasteiger partial charge is 0.370 e. The van der Waals surface area contributed by atoms with Crippen LogP contribution in [0.25, 0.3) is 0 Å². The summed E-state index contributed by atoms with van der Waals surface area (Å²) in [6.07, 6.45) is 4.25. The van der Waals surface area contributed by atoms with Crippen molar-refractivity contribution in [1.82, 2.24) is 15.2 Å². The molecule has 21 heavy (non-hydrogen) atoms. The molecule has 1 fully saturated rings. The molecule has 114 valence electrons. The molecule has 2 rings (SSSR count). The van der Waals surface area contributed by atoms with E-state index in [0.717, 1.165) is 30.8 Å². The molecule has 2 heterocycles. The van der Waals surface area contributed by atoms with Gasteiger partial charge in [0, 0.05) is 12.7 Å². The number of pyridine rings is 1. The lowest BCUT2D eigenvalue weighted by Crippen LogP contribution is -2.31. The van der Waals surface area contributed by atoms with Crippen LogP contribution in [0.15, 0.2) is 18.3 Å². The van der Waals surface area contributed by atoms with Gasteiger partial charge in [-0.15, -0.1) is 0 Å². The van der Waals surface area contributed by atoms with E-state index in [2.05, 4.69) is 22.5 Å². The second-order valence-electron chi connectivity index (χ2n) is 5.19. The molecule has 2 N–H and O–H groups in total. The summed E-state index contributed by atoms with van der Waals surface area (Å²) in [5, 5.41) is 5.93. The van der Waals surface area contributed by atoms with Crippen molar-refractivity contribution < 1.29 is 9.59 Å². The van der Waals surface area contributed by atoms with Crippen LogP contribution in [0.5, 0.6) is 0 Å². The third kappa shape index (κ3) is 3.71. The van der Waals surface area contributed by atoms with Crippen LogP contribution in [-0.4, -0.2) is 34.4 Å². The molecule has 3 amide bonds. The number of carbonyl (C=O) groups is 2. The van der Waals surface area contributed by atoms with Gasteiger partial charge in [-0.3, -0.25) is 9.69 Å². The number of aromatic nitrogens is 1. The molecule has 1 unspecified atom stereocenters. The van der Waals surface area contributed by atoms with Crippen molar-refractivity contribution >= 4 is 17.8 Å². The van der Waals surface area contributed by atoms with Gasteiger partial charge >= 0.3 is 6.03 Å². The highest BCUT2D eigenvalue weighted by Crippen LogP contribution is 2.16. The van der Waals surface area contributed by atoms with E-state index in [1.807, 2.05) is 19.1 Å². The fraction of sp³-hybridized carbons (Fsp3) is 0.533. The number of urea groups is 1. The van der Waals surface area contributed by atoms with E-state index >= 15 is 0 Å². The highest BCUT2D eigenvalue weighted by molar-refractivity contribution is 6.04. The van der Waals surface area contributed by atoms with Gasteiger partial charge in [-0.1, -0.05) is 20.3 Å². The van der Waals surface area contributed by atoms with E-state index in [1.54, 1.807) is 6.20 Å². The summed E-state index contributed by atoms with van der Waals surface area (Å²) in [6.45, 7) is 5.21. The minimum absolute atomic E-state index is 0.137. The number of hydrogen-bond donors (Lipinski definition) is 2. The maximum Gasteiger partial charge on any atom is 0.325 e. The molecule has 0 aliphatic carbocycles. The van der Waals surface area contributed by atoms with Crippen molar-refractivity contribution in [2.75, 3.05) is 11.9 Å². The van der Waals surface area contributed by atoms with Gasteiger partial charge in [0.15, 0.2) is 0 Å². The molecule has 6 nitrogen and oxygen atoms in total. The Labute approximate surface area is 124 Å². The molecule has 1 atom stereocenters. The van der Waals surface area contributed by atoms with Crippen molar-refractivity contribution in [2.45, 2.75) is 45.7 Å². The van der Waals surface area contributed by atoms with Crippen LogP contribution in [0.3, 0.4) is 0 Å². The first-order valence-corrected chi connectivity index (χ1v) is 7.46. The van der Waals surface area contributed by atoms with E-state index in [-0.39, 0.29) is 24.5 Å². The third-order valence-electron chi connectivity index (χ3n) is 3.41. The van der Waals surface area contributed by atoms with E-state index in [4.69, 9.17) is 0 Å². The summed E-state index contributed by atoms with van der Waals surface area (Å²) in [7, 11) is 0. The maximum absolute atomic E-state index is 12.2. The highest BCUT2D eigenvalue weighted by atomic mass is 16.2. The molecule has 1 aliphatic rings. The first-order chi connectivity index (χ1) is 10.2. The van der Waals surface area contributed by atoms with Crippen molar-refractivity contribution in [1.29, 1.82) is 0 Å². The van der Waals surface area contributed by atoms with Crippen molar-refractivity contribution in [3.8, 4) is 0 Å². The lowest BCUT2D eigenvalue weighted by molar-refractivity contribution is -0.128. The zero-order valence-electron chi connectivity index (χ0n) is 12.6. The number of anilines is 1. The number of hydrogen-bond acceptors (Lipinski definition) is 4. The molecule has 1 aliphatic heterocycles. The molecule has 0 saturated carbocycles. The predicted molar refractivity (Wildman–Crippen MR) is 80.8 cm³/mol. The lowest BCUT2D eigenvalue weighted by Gasteiger charge is -2.14. The molecule has 1 aromatic heterocycles. The monoisotopic (exact) mass is 290 g/mol. The van der Waals surface area contributed by atoms with Crippen LogP contribution in [0, 0.1) is 0 Å². The molecular formula is C15H22N4O2. The van der Waals surface area contributed by atoms with Gasteiger partial charge in [-0.05, 0) is 30.5 Å². The van der Waals surface area contributed by atoms with Crippen LogP contribution >= 0.6 is 0 Å². The second kappa shape index (κ2) is 7.06. The highest BCUT2D eigenvalue weighted by Gasteiger charge is 2.37.